The molecule has 4 heteroatoms. The SMILES string of the molecule is CCN1CCOC(CNC2CCOC(C)(CC)C2)C1. The Labute approximate surface area is 117 Å². The molecule has 0 radical (unpaired) electrons. The Morgan fingerprint density at radius 3 is 2.89 bits per heavy atom. The molecule has 0 saturated carbocycles. The first-order valence-electron chi connectivity index (χ1n) is 7.86. The van der Waals surface area contributed by atoms with Gasteiger partial charge in [0.2, 0.25) is 0 Å². The molecule has 1 N–H and O–H groups in total. The molecular formula is C15H30N2O2. The summed E-state index contributed by atoms with van der Waals surface area (Å²) in [6.45, 7) is 12.7. The Morgan fingerprint density at radius 1 is 1.32 bits per heavy atom. The fraction of sp³-hybridized carbons (Fsp3) is 1.00. The lowest BCUT2D eigenvalue weighted by atomic mass is 9.90. The first-order chi connectivity index (χ1) is 9.15. The highest BCUT2D eigenvalue weighted by atomic mass is 16.5. The van der Waals surface area contributed by atoms with Gasteiger partial charge >= 0.3 is 0 Å². The van der Waals surface area contributed by atoms with Crippen molar-refractivity contribution in [3.05, 3.63) is 0 Å². The molecule has 3 atom stereocenters. The van der Waals surface area contributed by atoms with Crippen LogP contribution in [0.3, 0.4) is 0 Å². The summed E-state index contributed by atoms with van der Waals surface area (Å²) in [5.74, 6) is 0. The van der Waals surface area contributed by atoms with Gasteiger partial charge in [-0.1, -0.05) is 13.8 Å². The van der Waals surface area contributed by atoms with Crippen LogP contribution in [0.2, 0.25) is 0 Å². The number of ether oxygens (including phenoxy) is 2. The first-order valence-corrected chi connectivity index (χ1v) is 7.86. The average Bonchev–Trinajstić information content (AvgIpc) is 2.45. The van der Waals surface area contributed by atoms with Crippen molar-refractivity contribution in [3.8, 4) is 0 Å². The number of morpholine rings is 1. The number of likely N-dealkylation sites (N-methyl/N-ethyl adjacent to an activating group) is 1. The maximum Gasteiger partial charge on any atom is 0.0826 e. The second kappa shape index (κ2) is 7.02. The van der Waals surface area contributed by atoms with Gasteiger partial charge in [-0.2, -0.15) is 0 Å². The molecule has 3 unspecified atom stereocenters. The van der Waals surface area contributed by atoms with Gasteiger partial charge in [-0.25, -0.2) is 0 Å². The molecule has 0 aromatic carbocycles. The minimum Gasteiger partial charge on any atom is -0.375 e. The van der Waals surface area contributed by atoms with Crippen LogP contribution in [0.15, 0.2) is 0 Å². The van der Waals surface area contributed by atoms with Gasteiger partial charge < -0.3 is 14.8 Å². The molecule has 2 heterocycles. The molecular weight excluding hydrogens is 240 g/mol. The molecule has 0 bridgehead atoms. The zero-order valence-corrected chi connectivity index (χ0v) is 12.8. The van der Waals surface area contributed by atoms with Gasteiger partial charge in [-0.3, -0.25) is 4.90 Å². The largest absolute Gasteiger partial charge is 0.375 e. The van der Waals surface area contributed by atoms with Gasteiger partial charge in [0.1, 0.15) is 0 Å². The summed E-state index contributed by atoms with van der Waals surface area (Å²) in [6.07, 6.45) is 3.69. The van der Waals surface area contributed by atoms with Crippen LogP contribution in [-0.4, -0.2) is 62.0 Å². The zero-order valence-electron chi connectivity index (χ0n) is 12.8. The standard InChI is InChI=1S/C15H30N2O2/c1-4-15(3)10-13(6-8-19-15)16-11-14-12-17(5-2)7-9-18-14/h13-14,16H,4-12H2,1-3H3. The quantitative estimate of drug-likeness (QED) is 0.823. The van der Waals surface area contributed by atoms with E-state index in [1.54, 1.807) is 0 Å². The summed E-state index contributed by atoms with van der Waals surface area (Å²) in [5.41, 5.74) is 0.0682. The van der Waals surface area contributed by atoms with Crippen LogP contribution in [0, 0.1) is 0 Å². The van der Waals surface area contributed by atoms with Crippen molar-refractivity contribution in [2.75, 3.05) is 39.4 Å². The summed E-state index contributed by atoms with van der Waals surface area (Å²) in [4.78, 5) is 2.47. The molecule has 2 rings (SSSR count). The first kappa shape index (κ1) is 15.2. The van der Waals surface area contributed by atoms with Gasteiger partial charge in [-0.15, -0.1) is 0 Å². The van der Waals surface area contributed by atoms with Crippen molar-refractivity contribution >= 4 is 0 Å². The van der Waals surface area contributed by atoms with Crippen molar-refractivity contribution in [2.24, 2.45) is 0 Å². The lowest BCUT2D eigenvalue weighted by molar-refractivity contribution is -0.0813. The Morgan fingerprint density at radius 2 is 2.16 bits per heavy atom. The monoisotopic (exact) mass is 270 g/mol. The maximum atomic E-state index is 5.89. The number of nitrogens with zero attached hydrogens (tertiary/aromatic N) is 1. The van der Waals surface area contributed by atoms with Gasteiger partial charge in [0, 0.05) is 32.3 Å². The average molecular weight is 270 g/mol. The highest BCUT2D eigenvalue weighted by Gasteiger charge is 2.32. The number of hydrogen-bond donors (Lipinski definition) is 1. The molecule has 2 saturated heterocycles. The third-order valence-corrected chi connectivity index (χ3v) is 4.65. The Kier molecular flexibility index (Phi) is 5.63. The molecule has 0 aromatic heterocycles. The van der Waals surface area contributed by atoms with Crippen LogP contribution in [0.25, 0.3) is 0 Å². The van der Waals surface area contributed by atoms with E-state index in [1.807, 2.05) is 0 Å². The molecule has 2 fully saturated rings. The van der Waals surface area contributed by atoms with E-state index in [4.69, 9.17) is 9.47 Å². The second-order valence-corrected chi connectivity index (χ2v) is 6.14. The summed E-state index contributed by atoms with van der Waals surface area (Å²) >= 11 is 0. The van der Waals surface area contributed by atoms with E-state index in [2.05, 4.69) is 31.0 Å². The van der Waals surface area contributed by atoms with Gasteiger partial charge in [0.25, 0.3) is 0 Å². The third-order valence-electron chi connectivity index (χ3n) is 4.65. The van der Waals surface area contributed by atoms with Crippen LogP contribution in [-0.2, 0) is 9.47 Å². The Hall–Kier alpha value is -0.160. The molecule has 2 aliphatic rings. The molecule has 19 heavy (non-hydrogen) atoms. The predicted molar refractivity (Wildman–Crippen MR) is 77.5 cm³/mol. The minimum atomic E-state index is 0.0682. The van der Waals surface area contributed by atoms with Crippen LogP contribution < -0.4 is 5.32 Å². The number of hydrogen-bond acceptors (Lipinski definition) is 4. The summed E-state index contributed by atoms with van der Waals surface area (Å²) in [7, 11) is 0. The van der Waals surface area contributed by atoms with Crippen molar-refractivity contribution in [1.29, 1.82) is 0 Å². The van der Waals surface area contributed by atoms with Crippen LogP contribution in [0.5, 0.6) is 0 Å². The van der Waals surface area contributed by atoms with E-state index in [9.17, 15) is 0 Å². The summed E-state index contributed by atoms with van der Waals surface area (Å²) in [6, 6.07) is 0.583. The van der Waals surface area contributed by atoms with Crippen molar-refractivity contribution in [2.45, 2.75) is 57.8 Å². The molecule has 0 spiro atoms. The Bertz CT molecular complexity index is 275. The second-order valence-electron chi connectivity index (χ2n) is 6.14. The van der Waals surface area contributed by atoms with Crippen LogP contribution in [0.1, 0.15) is 40.0 Å². The van der Waals surface area contributed by atoms with Gasteiger partial charge in [0.15, 0.2) is 0 Å². The van der Waals surface area contributed by atoms with E-state index in [0.717, 1.165) is 58.7 Å². The van der Waals surface area contributed by atoms with E-state index >= 15 is 0 Å². The molecule has 0 aromatic rings. The fourth-order valence-electron chi connectivity index (χ4n) is 3.04. The highest BCUT2D eigenvalue weighted by molar-refractivity contribution is 4.86. The Balaban J connectivity index is 1.72. The van der Waals surface area contributed by atoms with E-state index in [1.165, 1.54) is 0 Å². The third kappa shape index (κ3) is 4.42. The number of rotatable bonds is 5. The minimum absolute atomic E-state index is 0.0682. The topological polar surface area (TPSA) is 33.7 Å². The normalized spacial score (nSPS) is 37.4. The fourth-order valence-corrected chi connectivity index (χ4v) is 3.04. The number of nitrogens with one attached hydrogen (secondary N) is 1. The smallest absolute Gasteiger partial charge is 0.0826 e. The van der Waals surface area contributed by atoms with E-state index in [-0.39, 0.29) is 5.60 Å². The van der Waals surface area contributed by atoms with Crippen LogP contribution in [0.4, 0.5) is 0 Å². The lowest BCUT2D eigenvalue weighted by Gasteiger charge is -2.39. The summed E-state index contributed by atoms with van der Waals surface area (Å²) < 4.78 is 11.7. The molecule has 2 aliphatic heterocycles. The highest BCUT2D eigenvalue weighted by Crippen LogP contribution is 2.27. The predicted octanol–water partition coefficient (Wildman–Crippen LogP) is 1.64. The maximum absolute atomic E-state index is 5.89. The molecule has 0 amide bonds. The van der Waals surface area contributed by atoms with Crippen molar-refractivity contribution in [3.63, 3.8) is 0 Å². The molecule has 112 valence electrons. The van der Waals surface area contributed by atoms with Crippen molar-refractivity contribution in [1.82, 2.24) is 10.2 Å². The lowest BCUT2D eigenvalue weighted by Crippen LogP contribution is -2.51. The molecule has 0 aliphatic carbocycles. The summed E-state index contributed by atoms with van der Waals surface area (Å²) in [5, 5.41) is 3.69. The van der Waals surface area contributed by atoms with Crippen LogP contribution >= 0.6 is 0 Å². The van der Waals surface area contributed by atoms with Gasteiger partial charge in [0.05, 0.1) is 18.3 Å². The van der Waals surface area contributed by atoms with E-state index < -0.39 is 0 Å². The van der Waals surface area contributed by atoms with Crippen molar-refractivity contribution < 1.29 is 9.47 Å². The van der Waals surface area contributed by atoms with Gasteiger partial charge in [-0.05, 0) is 32.7 Å². The molecule has 4 nitrogen and oxygen atoms in total. The van der Waals surface area contributed by atoms with E-state index in [0.29, 0.717) is 12.1 Å². The zero-order chi connectivity index (χ0) is 13.7.